The molecule has 1 saturated heterocycles. The molecule has 1 unspecified atom stereocenters. The van der Waals surface area contributed by atoms with Gasteiger partial charge in [0, 0.05) is 31.9 Å². The van der Waals surface area contributed by atoms with Crippen LogP contribution in [-0.4, -0.2) is 34.3 Å². The summed E-state index contributed by atoms with van der Waals surface area (Å²) in [5.74, 6) is 0.686. The Hall–Kier alpha value is -0.580. The predicted molar refractivity (Wildman–Crippen MR) is 72.2 cm³/mol. The maximum Gasteiger partial charge on any atom is 0.0638 e. The summed E-state index contributed by atoms with van der Waals surface area (Å²) in [6.07, 6.45) is 4.70. The number of halogens is 1. The minimum atomic E-state index is 0. The minimum absolute atomic E-state index is 0. The van der Waals surface area contributed by atoms with Crippen molar-refractivity contribution in [2.45, 2.75) is 26.3 Å². The molecule has 98 valence electrons. The molecule has 2 rings (SSSR count). The highest BCUT2D eigenvalue weighted by atomic mass is 35.5. The molecule has 17 heavy (non-hydrogen) atoms. The molecular weight excluding hydrogens is 236 g/mol. The maximum atomic E-state index is 5.75. The number of likely N-dealkylation sites (tertiary alicyclic amines) is 1. The molecule has 1 aromatic rings. The highest BCUT2D eigenvalue weighted by Gasteiger charge is 2.19. The summed E-state index contributed by atoms with van der Waals surface area (Å²) in [5.41, 5.74) is 8.25. The van der Waals surface area contributed by atoms with Crippen LogP contribution in [0.5, 0.6) is 0 Å². The van der Waals surface area contributed by atoms with Crippen molar-refractivity contribution in [3.8, 4) is 0 Å². The fourth-order valence-electron chi connectivity index (χ4n) is 2.53. The van der Waals surface area contributed by atoms with Gasteiger partial charge in [0.05, 0.1) is 5.69 Å². The quantitative estimate of drug-likeness (QED) is 0.890. The van der Waals surface area contributed by atoms with Crippen molar-refractivity contribution >= 4 is 12.4 Å². The van der Waals surface area contributed by atoms with E-state index in [4.69, 9.17) is 5.73 Å². The van der Waals surface area contributed by atoms with E-state index in [1.165, 1.54) is 24.9 Å². The summed E-state index contributed by atoms with van der Waals surface area (Å²) >= 11 is 0. The summed E-state index contributed by atoms with van der Waals surface area (Å²) in [6.45, 7) is 6.27. The van der Waals surface area contributed by atoms with Gasteiger partial charge in [0.2, 0.25) is 0 Å². The van der Waals surface area contributed by atoms with Crippen molar-refractivity contribution in [1.82, 2.24) is 14.7 Å². The average molecular weight is 259 g/mol. The number of hydrogen-bond acceptors (Lipinski definition) is 3. The number of piperidine rings is 1. The number of aromatic nitrogens is 2. The molecule has 1 atom stereocenters. The fraction of sp³-hybridized carbons (Fsp3) is 0.750. The van der Waals surface area contributed by atoms with Gasteiger partial charge in [-0.25, -0.2) is 0 Å². The van der Waals surface area contributed by atoms with Gasteiger partial charge in [0.1, 0.15) is 0 Å². The van der Waals surface area contributed by atoms with Gasteiger partial charge in [-0.3, -0.25) is 9.58 Å². The Morgan fingerprint density at radius 1 is 1.53 bits per heavy atom. The van der Waals surface area contributed by atoms with E-state index in [9.17, 15) is 0 Å². The Morgan fingerprint density at radius 2 is 2.29 bits per heavy atom. The zero-order valence-electron chi connectivity index (χ0n) is 10.7. The molecular formula is C12H23ClN4. The Bertz CT molecular complexity index is 350. The first-order valence-corrected chi connectivity index (χ1v) is 6.10. The first-order chi connectivity index (χ1) is 7.69. The summed E-state index contributed by atoms with van der Waals surface area (Å²) < 4.78 is 1.90. The third kappa shape index (κ3) is 3.69. The molecule has 0 saturated carbocycles. The van der Waals surface area contributed by atoms with Gasteiger partial charge >= 0.3 is 0 Å². The van der Waals surface area contributed by atoms with Gasteiger partial charge in [-0.05, 0) is 38.8 Å². The van der Waals surface area contributed by atoms with Crippen molar-refractivity contribution in [1.29, 1.82) is 0 Å². The number of hydrogen-bond donors (Lipinski definition) is 1. The first kappa shape index (κ1) is 14.5. The van der Waals surface area contributed by atoms with Crippen LogP contribution in [0, 0.1) is 12.8 Å². The molecule has 0 spiro atoms. The normalized spacial score (nSPS) is 21.2. The van der Waals surface area contributed by atoms with E-state index in [2.05, 4.69) is 23.1 Å². The molecule has 1 fully saturated rings. The first-order valence-electron chi connectivity index (χ1n) is 6.10. The van der Waals surface area contributed by atoms with Crippen LogP contribution in [0.4, 0.5) is 0 Å². The van der Waals surface area contributed by atoms with Crippen molar-refractivity contribution in [3.05, 3.63) is 17.5 Å². The topological polar surface area (TPSA) is 47.1 Å². The molecule has 0 amide bonds. The molecule has 1 aliphatic heterocycles. The summed E-state index contributed by atoms with van der Waals surface area (Å²) in [5, 5.41) is 4.38. The second kappa shape index (κ2) is 6.38. The highest BCUT2D eigenvalue weighted by molar-refractivity contribution is 5.85. The smallest absolute Gasteiger partial charge is 0.0638 e. The second-order valence-corrected chi connectivity index (χ2v) is 4.89. The monoisotopic (exact) mass is 258 g/mol. The van der Waals surface area contributed by atoms with Crippen LogP contribution in [0.3, 0.4) is 0 Å². The van der Waals surface area contributed by atoms with Gasteiger partial charge < -0.3 is 5.73 Å². The third-order valence-corrected chi connectivity index (χ3v) is 3.45. The fourth-order valence-corrected chi connectivity index (χ4v) is 2.53. The van der Waals surface area contributed by atoms with E-state index in [1.54, 1.807) is 0 Å². The lowest BCUT2D eigenvalue weighted by molar-refractivity contribution is 0.171. The van der Waals surface area contributed by atoms with Crippen LogP contribution < -0.4 is 5.73 Å². The second-order valence-electron chi connectivity index (χ2n) is 4.89. The molecule has 1 aromatic heterocycles. The lowest BCUT2D eigenvalue weighted by Crippen LogP contribution is -2.37. The van der Waals surface area contributed by atoms with Crippen LogP contribution in [0.15, 0.2) is 6.20 Å². The zero-order valence-corrected chi connectivity index (χ0v) is 11.5. The summed E-state index contributed by atoms with van der Waals surface area (Å²) in [7, 11) is 1.98. The van der Waals surface area contributed by atoms with E-state index >= 15 is 0 Å². The van der Waals surface area contributed by atoms with E-state index in [1.807, 2.05) is 11.7 Å². The largest absolute Gasteiger partial charge is 0.330 e. The molecule has 2 heterocycles. The average Bonchev–Trinajstić information content (AvgIpc) is 2.58. The van der Waals surface area contributed by atoms with Crippen molar-refractivity contribution < 1.29 is 0 Å². The predicted octanol–water partition coefficient (Wildman–Crippen LogP) is 1.32. The van der Waals surface area contributed by atoms with E-state index < -0.39 is 0 Å². The van der Waals surface area contributed by atoms with E-state index in [0.717, 1.165) is 25.3 Å². The van der Waals surface area contributed by atoms with E-state index in [0.29, 0.717) is 5.92 Å². The SMILES string of the molecule is Cc1nn(C)cc1CN1CCCC(CN)C1.Cl. The van der Waals surface area contributed by atoms with Crippen LogP contribution in [0.1, 0.15) is 24.1 Å². The van der Waals surface area contributed by atoms with Crippen molar-refractivity contribution in [3.63, 3.8) is 0 Å². The van der Waals surface area contributed by atoms with E-state index in [-0.39, 0.29) is 12.4 Å². The Kier molecular flexibility index (Phi) is 5.43. The number of nitrogens with two attached hydrogens (primary N) is 1. The molecule has 0 aromatic carbocycles. The van der Waals surface area contributed by atoms with Gasteiger partial charge in [-0.1, -0.05) is 0 Å². The van der Waals surface area contributed by atoms with Crippen LogP contribution in [-0.2, 0) is 13.6 Å². The third-order valence-electron chi connectivity index (χ3n) is 3.45. The lowest BCUT2D eigenvalue weighted by Gasteiger charge is -2.31. The van der Waals surface area contributed by atoms with Gasteiger partial charge in [0.15, 0.2) is 0 Å². The van der Waals surface area contributed by atoms with Crippen molar-refractivity contribution in [2.75, 3.05) is 19.6 Å². The lowest BCUT2D eigenvalue weighted by atomic mass is 9.98. The number of rotatable bonds is 3. The number of nitrogens with zero attached hydrogens (tertiary/aromatic N) is 3. The number of aryl methyl sites for hydroxylation is 2. The molecule has 0 aliphatic carbocycles. The van der Waals surface area contributed by atoms with Crippen LogP contribution in [0.2, 0.25) is 0 Å². The Labute approximate surface area is 110 Å². The molecule has 2 N–H and O–H groups in total. The van der Waals surface area contributed by atoms with Gasteiger partial charge in [0.25, 0.3) is 0 Å². The van der Waals surface area contributed by atoms with Crippen LogP contribution in [0.25, 0.3) is 0 Å². The molecule has 0 bridgehead atoms. The Morgan fingerprint density at radius 3 is 2.88 bits per heavy atom. The summed E-state index contributed by atoms with van der Waals surface area (Å²) in [4.78, 5) is 2.50. The highest BCUT2D eigenvalue weighted by Crippen LogP contribution is 2.18. The molecule has 0 radical (unpaired) electrons. The Balaban J connectivity index is 0.00000144. The summed E-state index contributed by atoms with van der Waals surface area (Å²) in [6, 6.07) is 0. The van der Waals surface area contributed by atoms with Gasteiger partial charge in [-0.2, -0.15) is 5.10 Å². The minimum Gasteiger partial charge on any atom is -0.330 e. The molecule has 5 heteroatoms. The van der Waals surface area contributed by atoms with Crippen LogP contribution >= 0.6 is 12.4 Å². The van der Waals surface area contributed by atoms with Gasteiger partial charge in [-0.15, -0.1) is 12.4 Å². The standard InChI is InChI=1S/C12H22N4.ClH/c1-10-12(8-15(2)14-10)9-16-5-3-4-11(6-13)7-16;/h8,11H,3-7,9,13H2,1-2H3;1H. The zero-order chi connectivity index (χ0) is 11.5. The van der Waals surface area contributed by atoms with Crippen molar-refractivity contribution in [2.24, 2.45) is 18.7 Å². The molecule has 1 aliphatic rings. The maximum absolute atomic E-state index is 5.75. The molecule has 4 nitrogen and oxygen atoms in total.